The Morgan fingerprint density at radius 1 is 1.50 bits per heavy atom. The van der Waals surface area contributed by atoms with Crippen LogP contribution in [0.4, 0.5) is 5.69 Å². The van der Waals surface area contributed by atoms with E-state index in [-0.39, 0.29) is 11.8 Å². The van der Waals surface area contributed by atoms with E-state index in [4.69, 9.17) is 5.73 Å². The van der Waals surface area contributed by atoms with Crippen LogP contribution in [0.3, 0.4) is 0 Å². The highest BCUT2D eigenvalue weighted by Gasteiger charge is 2.34. The quantitative estimate of drug-likeness (QED) is 0.893. The summed E-state index contributed by atoms with van der Waals surface area (Å²) in [6.45, 7) is 5.76. The van der Waals surface area contributed by atoms with E-state index >= 15 is 0 Å². The number of hydrogen-bond acceptors (Lipinski definition) is 2. The zero-order chi connectivity index (χ0) is 12.3. The third-order valence-electron chi connectivity index (χ3n) is 2.90. The number of halogens is 1. The van der Waals surface area contributed by atoms with Gasteiger partial charge in [-0.05, 0) is 31.0 Å². The molecule has 0 bridgehead atoms. The number of anilines is 1. The summed E-state index contributed by atoms with van der Waals surface area (Å²) < 4.78 is 0.966. The van der Waals surface area contributed by atoms with E-state index in [1.807, 2.05) is 45.0 Å². The van der Waals surface area contributed by atoms with Gasteiger partial charge >= 0.3 is 0 Å². The molecular formula is C12H17BrN2O. The Morgan fingerprint density at radius 2 is 2.12 bits per heavy atom. The number of benzene rings is 1. The number of primary amides is 1. The molecule has 0 spiro atoms. The maximum atomic E-state index is 11.5. The molecule has 3 nitrogen and oxygen atoms in total. The zero-order valence-corrected chi connectivity index (χ0v) is 11.3. The number of hydrogen-bond donors (Lipinski definition) is 2. The Hall–Kier alpha value is -1.03. The largest absolute Gasteiger partial charge is 0.371 e. The molecule has 0 aliphatic rings. The molecule has 1 rings (SSSR count). The first kappa shape index (κ1) is 13.0. The van der Waals surface area contributed by atoms with Crippen molar-refractivity contribution in [3.63, 3.8) is 0 Å². The van der Waals surface area contributed by atoms with E-state index in [2.05, 4.69) is 21.2 Å². The van der Waals surface area contributed by atoms with Gasteiger partial charge in [0, 0.05) is 10.2 Å². The fraction of sp³-hybridized carbons (Fsp3) is 0.417. The summed E-state index contributed by atoms with van der Waals surface area (Å²) in [6, 6.07) is 7.67. The van der Waals surface area contributed by atoms with Crippen LogP contribution in [0.25, 0.3) is 0 Å². The SMILES string of the molecule is CC(C)C(C)(Nc1cccc(Br)c1)C(N)=O. The van der Waals surface area contributed by atoms with Crippen LogP contribution in [0.15, 0.2) is 28.7 Å². The summed E-state index contributed by atoms with van der Waals surface area (Å²) in [5.74, 6) is -0.230. The van der Waals surface area contributed by atoms with Crippen LogP contribution in [0.1, 0.15) is 20.8 Å². The maximum Gasteiger partial charge on any atom is 0.243 e. The molecule has 0 radical (unpaired) electrons. The second-order valence-corrected chi connectivity index (χ2v) is 5.27. The average molecular weight is 285 g/mol. The molecule has 3 N–H and O–H groups in total. The predicted octanol–water partition coefficient (Wildman–Crippen LogP) is 2.76. The number of carbonyl (C=O) groups is 1. The second-order valence-electron chi connectivity index (χ2n) is 4.36. The van der Waals surface area contributed by atoms with Gasteiger partial charge in [-0.1, -0.05) is 35.8 Å². The van der Waals surface area contributed by atoms with Gasteiger partial charge in [-0.3, -0.25) is 4.79 Å². The van der Waals surface area contributed by atoms with Gasteiger partial charge in [0.1, 0.15) is 5.54 Å². The molecule has 16 heavy (non-hydrogen) atoms. The van der Waals surface area contributed by atoms with E-state index in [1.165, 1.54) is 0 Å². The van der Waals surface area contributed by atoms with E-state index in [0.717, 1.165) is 10.2 Å². The molecule has 0 heterocycles. The lowest BCUT2D eigenvalue weighted by Crippen LogP contribution is -2.51. The van der Waals surface area contributed by atoms with Crippen molar-refractivity contribution < 1.29 is 4.79 Å². The molecule has 0 aliphatic heterocycles. The average Bonchev–Trinajstić information content (AvgIpc) is 2.16. The Bertz CT molecular complexity index is 392. The van der Waals surface area contributed by atoms with E-state index in [9.17, 15) is 4.79 Å². The third-order valence-corrected chi connectivity index (χ3v) is 3.39. The molecule has 1 atom stereocenters. The van der Waals surface area contributed by atoms with Crippen molar-refractivity contribution in [2.75, 3.05) is 5.32 Å². The van der Waals surface area contributed by atoms with Crippen molar-refractivity contribution in [1.29, 1.82) is 0 Å². The smallest absolute Gasteiger partial charge is 0.243 e. The highest BCUT2D eigenvalue weighted by Crippen LogP contribution is 2.24. The number of amides is 1. The number of nitrogens with one attached hydrogen (secondary N) is 1. The van der Waals surface area contributed by atoms with Gasteiger partial charge in [0.15, 0.2) is 0 Å². The molecule has 1 aromatic carbocycles. The van der Waals surface area contributed by atoms with Gasteiger partial charge in [0.25, 0.3) is 0 Å². The normalized spacial score (nSPS) is 14.6. The first-order valence-electron chi connectivity index (χ1n) is 5.20. The van der Waals surface area contributed by atoms with Crippen LogP contribution in [0.5, 0.6) is 0 Å². The van der Waals surface area contributed by atoms with Gasteiger partial charge in [-0.15, -0.1) is 0 Å². The molecule has 88 valence electrons. The van der Waals surface area contributed by atoms with E-state index in [1.54, 1.807) is 0 Å². The minimum atomic E-state index is -0.735. The topological polar surface area (TPSA) is 55.1 Å². The molecule has 1 unspecified atom stereocenters. The van der Waals surface area contributed by atoms with Crippen LogP contribution in [-0.2, 0) is 4.79 Å². The minimum Gasteiger partial charge on any atom is -0.371 e. The Morgan fingerprint density at radius 3 is 2.56 bits per heavy atom. The predicted molar refractivity (Wildman–Crippen MR) is 70.2 cm³/mol. The third kappa shape index (κ3) is 2.76. The summed E-state index contributed by atoms with van der Waals surface area (Å²) in [7, 11) is 0. The Balaban J connectivity index is 2.97. The summed E-state index contributed by atoms with van der Waals surface area (Å²) in [6.07, 6.45) is 0. The van der Waals surface area contributed by atoms with E-state index < -0.39 is 5.54 Å². The van der Waals surface area contributed by atoms with Crippen molar-refractivity contribution in [2.45, 2.75) is 26.3 Å². The highest BCUT2D eigenvalue weighted by molar-refractivity contribution is 9.10. The Kier molecular flexibility index (Phi) is 3.97. The molecule has 0 fully saturated rings. The van der Waals surface area contributed by atoms with Gasteiger partial charge < -0.3 is 11.1 Å². The molecule has 1 amide bonds. The van der Waals surface area contributed by atoms with Crippen molar-refractivity contribution in [3.05, 3.63) is 28.7 Å². The first-order chi connectivity index (χ1) is 7.36. The summed E-state index contributed by atoms with van der Waals surface area (Å²) in [4.78, 5) is 11.5. The van der Waals surface area contributed by atoms with Gasteiger partial charge in [0.2, 0.25) is 5.91 Å². The monoisotopic (exact) mass is 284 g/mol. The maximum absolute atomic E-state index is 11.5. The van der Waals surface area contributed by atoms with Gasteiger partial charge in [0.05, 0.1) is 0 Å². The summed E-state index contributed by atoms with van der Waals surface area (Å²) >= 11 is 3.39. The van der Waals surface area contributed by atoms with Crippen LogP contribution in [-0.4, -0.2) is 11.4 Å². The molecule has 0 saturated heterocycles. The van der Waals surface area contributed by atoms with Crippen LogP contribution >= 0.6 is 15.9 Å². The number of rotatable bonds is 4. The van der Waals surface area contributed by atoms with Crippen molar-refractivity contribution in [1.82, 2.24) is 0 Å². The molecular weight excluding hydrogens is 268 g/mol. The van der Waals surface area contributed by atoms with Gasteiger partial charge in [-0.2, -0.15) is 0 Å². The second kappa shape index (κ2) is 4.87. The lowest BCUT2D eigenvalue weighted by Gasteiger charge is -2.32. The minimum absolute atomic E-state index is 0.115. The number of nitrogens with two attached hydrogens (primary N) is 1. The van der Waals surface area contributed by atoms with Crippen LogP contribution in [0.2, 0.25) is 0 Å². The molecule has 1 aromatic rings. The van der Waals surface area contributed by atoms with E-state index in [0.29, 0.717) is 0 Å². The number of carbonyl (C=O) groups excluding carboxylic acids is 1. The highest BCUT2D eigenvalue weighted by atomic mass is 79.9. The van der Waals surface area contributed by atoms with Crippen molar-refractivity contribution in [3.8, 4) is 0 Å². The molecule has 0 saturated carbocycles. The lowest BCUT2D eigenvalue weighted by molar-refractivity contribution is -0.123. The van der Waals surface area contributed by atoms with Crippen molar-refractivity contribution >= 4 is 27.5 Å². The summed E-state index contributed by atoms with van der Waals surface area (Å²) in [5, 5.41) is 3.19. The molecule has 0 aliphatic carbocycles. The van der Waals surface area contributed by atoms with Crippen LogP contribution < -0.4 is 11.1 Å². The molecule has 0 aromatic heterocycles. The Labute approximate surface area is 105 Å². The fourth-order valence-corrected chi connectivity index (χ4v) is 1.76. The fourth-order valence-electron chi connectivity index (χ4n) is 1.36. The van der Waals surface area contributed by atoms with Crippen LogP contribution in [0, 0.1) is 5.92 Å². The standard InChI is InChI=1S/C12H17BrN2O/c1-8(2)12(3,11(14)16)15-10-6-4-5-9(13)7-10/h4-8,15H,1-3H3,(H2,14,16). The van der Waals surface area contributed by atoms with Crippen molar-refractivity contribution in [2.24, 2.45) is 11.7 Å². The van der Waals surface area contributed by atoms with Gasteiger partial charge in [-0.25, -0.2) is 0 Å². The first-order valence-corrected chi connectivity index (χ1v) is 5.99. The summed E-state index contributed by atoms with van der Waals surface area (Å²) in [5.41, 5.74) is 5.59. The molecule has 4 heteroatoms. The zero-order valence-electron chi connectivity index (χ0n) is 9.75. The lowest BCUT2D eigenvalue weighted by atomic mass is 9.87.